The summed E-state index contributed by atoms with van der Waals surface area (Å²) in [7, 11) is 0. The maximum atomic E-state index is 5.92. The highest BCUT2D eigenvalue weighted by Gasteiger charge is 2.13. The number of nitrogen functional groups attached to an aromatic ring is 1. The molecule has 3 nitrogen and oxygen atoms in total. The summed E-state index contributed by atoms with van der Waals surface area (Å²) in [6.45, 7) is 4.01. The summed E-state index contributed by atoms with van der Waals surface area (Å²) < 4.78 is 2.60. The minimum absolute atomic E-state index is 0.127. The molecule has 2 aromatic rings. The Bertz CT molecular complexity index is 475. The van der Waals surface area contributed by atoms with Crippen molar-refractivity contribution < 1.29 is 0 Å². The molecule has 1 unspecified atom stereocenters. The number of aromatic nitrogens is 2. The van der Waals surface area contributed by atoms with Crippen molar-refractivity contribution in [2.45, 2.75) is 19.9 Å². The Balaban J connectivity index is 2.36. The van der Waals surface area contributed by atoms with Crippen LogP contribution in [0.25, 0.3) is 0 Å². The first-order valence-corrected chi connectivity index (χ1v) is 5.89. The van der Waals surface area contributed by atoms with E-state index in [2.05, 4.69) is 12.0 Å². The van der Waals surface area contributed by atoms with Crippen LogP contribution in [0.4, 0.5) is 5.82 Å². The number of aryl methyl sites for hydroxylation is 1. The zero-order valence-corrected chi connectivity index (χ0v) is 10.1. The van der Waals surface area contributed by atoms with Crippen LogP contribution in [0.15, 0.2) is 17.6 Å². The summed E-state index contributed by atoms with van der Waals surface area (Å²) >= 11 is 7.42. The fourth-order valence-electron chi connectivity index (χ4n) is 1.45. The zero-order valence-electron chi connectivity index (χ0n) is 8.57. The largest absolute Gasteiger partial charge is 0.384 e. The smallest absolute Gasteiger partial charge is 0.125 e. The Morgan fingerprint density at radius 2 is 2.33 bits per heavy atom. The van der Waals surface area contributed by atoms with Crippen molar-refractivity contribution in [2.75, 3.05) is 5.73 Å². The average Bonchev–Trinajstić information content (AvgIpc) is 2.75. The van der Waals surface area contributed by atoms with Gasteiger partial charge in [0, 0.05) is 5.56 Å². The fourth-order valence-corrected chi connectivity index (χ4v) is 2.43. The Morgan fingerprint density at radius 1 is 1.60 bits per heavy atom. The first-order valence-electron chi connectivity index (χ1n) is 4.63. The summed E-state index contributed by atoms with van der Waals surface area (Å²) in [5.74, 6) is 0.713. The third kappa shape index (κ3) is 1.87. The molecule has 0 saturated heterocycles. The Kier molecular flexibility index (Phi) is 2.71. The van der Waals surface area contributed by atoms with Gasteiger partial charge in [-0.2, -0.15) is 5.10 Å². The normalized spacial score (nSPS) is 13.0. The summed E-state index contributed by atoms with van der Waals surface area (Å²) in [6, 6.07) is 2.08. The van der Waals surface area contributed by atoms with Gasteiger partial charge in [-0.1, -0.05) is 11.6 Å². The van der Waals surface area contributed by atoms with Crippen LogP contribution in [0, 0.1) is 6.92 Å². The maximum absolute atomic E-state index is 5.92. The maximum Gasteiger partial charge on any atom is 0.125 e. The number of anilines is 1. The molecule has 0 spiro atoms. The van der Waals surface area contributed by atoms with E-state index in [1.54, 1.807) is 6.20 Å². The predicted octanol–water partition coefficient (Wildman–Crippen LogP) is 3.10. The second kappa shape index (κ2) is 3.87. The molecule has 0 aliphatic heterocycles. The highest BCUT2D eigenvalue weighted by Crippen LogP contribution is 2.28. The van der Waals surface area contributed by atoms with E-state index in [9.17, 15) is 0 Å². The quantitative estimate of drug-likeness (QED) is 0.878. The van der Waals surface area contributed by atoms with Gasteiger partial charge in [0.15, 0.2) is 0 Å². The van der Waals surface area contributed by atoms with Crippen molar-refractivity contribution >= 4 is 28.8 Å². The summed E-state index contributed by atoms with van der Waals surface area (Å²) in [6.07, 6.45) is 1.78. The van der Waals surface area contributed by atoms with Crippen molar-refractivity contribution in [3.05, 3.63) is 33.1 Å². The van der Waals surface area contributed by atoms with Crippen molar-refractivity contribution in [1.82, 2.24) is 9.78 Å². The van der Waals surface area contributed by atoms with Crippen molar-refractivity contribution in [2.24, 2.45) is 0 Å². The number of halogens is 1. The number of nitrogens with two attached hydrogens (primary N) is 1. The van der Waals surface area contributed by atoms with Crippen LogP contribution in [0.5, 0.6) is 0 Å². The van der Waals surface area contributed by atoms with E-state index in [1.807, 2.05) is 23.1 Å². The Morgan fingerprint density at radius 3 is 2.80 bits per heavy atom. The Labute approximate surface area is 97.5 Å². The van der Waals surface area contributed by atoms with Crippen molar-refractivity contribution in [3.63, 3.8) is 0 Å². The molecule has 0 amide bonds. The van der Waals surface area contributed by atoms with Crippen molar-refractivity contribution in [3.8, 4) is 0 Å². The van der Waals surface area contributed by atoms with Gasteiger partial charge in [0.1, 0.15) is 5.82 Å². The van der Waals surface area contributed by atoms with Crippen LogP contribution >= 0.6 is 22.9 Å². The van der Waals surface area contributed by atoms with E-state index >= 15 is 0 Å². The van der Waals surface area contributed by atoms with E-state index in [4.69, 9.17) is 17.3 Å². The number of hydrogen-bond acceptors (Lipinski definition) is 3. The van der Waals surface area contributed by atoms with Gasteiger partial charge in [-0.25, -0.2) is 4.68 Å². The number of thiophene rings is 1. The third-order valence-electron chi connectivity index (χ3n) is 2.46. The van der Waals surface area contributed by atoms with Gasteiger partial charge in [0.25, 0.3) is 0 Å². The molecule has 0 aliphatic carbocycles. The first-order chi connectivity index (χ1) is 7.09. The molecule has 2 heterocycles. The van der Waals surface area contributed by atoms with Gasteiger partial charge in [-0.3, -0.25) is 0 Å². The second-order valence-electron chi connectivity index (χ2n) is 3.52. The molecule has 0 fully saturated rings. The highest BCUT2D eigenvalue weighted by molar-refractivity contribution is 7.14. The van der Waals surface area contributed by atoms with Crippen LogP contribution in [0.2, 0.25) is 4.34 Å². The van der Waals surface area contributed by atoms with Gasteiger partial charge in [-0.15, -0.1) is 11.3 Å². The lowest BCUT2D eigenvalue weighted by atomic mass is 10.2. The fraction of sp³-hybridized carbons (Fsp3) is 0.300. The van der Waals surface area contributed by atoms with E-state index in [-0.39, 0.29) is 6.04 Å². The van der Waals surface area contributed by atoms with Gasteiger partial charge >= 0.3 is 0 Å². The van der Waals surface area contributed by atoms with Gasteiger partial charge in [-0.05, 0) is 30.9 Å². The summed E-state index contributed by atoms with van der Waals surface area (Å²) in [4.78, 5) is 0. The zero-order chi connectivity index (χ0) is 11.0. The lowest BCUT2D eigenvalue weighted by Crippen LogP contribution is -2.10. The topological polar surface area (TPSA) is 43.8 Å². The molecule has 2 N–H and O–H groups in total. The Hall–Kier alpha value is -1.00. The molecule has 5 heteroatoms. The van der Waals surface area contributed by atoms with E-state index in [0.29, 0.717) is 5.82 Å². The molecule has 2 aromatic heterocycles. The third-order valence-corrected chi connectivity index (χ3v) is 3.57. The molecule has 0 saturated carbocycles. The minimum atomic E-state index is 0.127. The number of hydrogen-bond donors (Lipinski definition) is 1. The molecule has 0 bridgehead atoms. The molecule has 0 radical (unpaired) electrons. The monoisotopic (exact) mass is 241 g/mol. The second-order valence-corrected chi connectivity index (χ2v) is 5.06. The standard InChI is InChI=1S/C10H12ClN3S/c1-6-4-13-14(10(6)12)7(2)8-3-9(11)15-5-8/h3-5,7H,12H2,1-2H3. The van der Waals surface area contributed by atoms with Gasteiger partial charge in [0.05, 0.1) is 16.6 Å². The van der Waals surface area contributed by atoms with Crippen molar-refractivity contribution in [1.29, 1.82) is 0 Å². The van der Waals surface area contributed by atoms with Crippen LogP contribution in [-0.4, -0.2) is 9.78 Å². The molecule has 80 valence electrons. The summed E-state index contributed by atoms with van der Waals surface area (Å²) in [5, 5.41) is 6.29. The molecule has 2 rings (SSSR count). The minimum Gasteiger partial charge on any atom is -0.384 e. The van der Waals surface area contributed by atoms with E-state index < -0.39 is 0 Å². The van der Waals surface area contributed by atoms with Crippen LogP contribution in [-0.2, 0) is 0 Å². The predicted molar refractivity (Wildman–Crippen MR) is 64.5 cm³/mol. The lowest BCUT2D eigenvalue weighted by Gasteiger charge is -2.12. The molecule has 1 atom stereocenters. The van der Waals surface area contributed by atoms with Crippen LogP contribution in [0.3, 0.4) is 0 Å². The van der Waals surface area contributed by atoms with E-state index in [1.165, 1.54) is 11.3 Å². The van der Waals surface area contributed by atoms with Gasteiger partial charge < -0.3 is 5.73 Å². The number of rotatable bonds is 2. The van der Waals surface area contributed by atoms with E-state index in [0.717, 1.165) is 15.5 Å². The lowest BCUT2D eigenvalue weighted by molar-refractivity contribution is 0.574. The molecular formula is C10H12ClN3S. The SMILES string of the molecule is Cc1cnn(C(C)c2csc(Cl)c2)c1N. The highest BCUT2D eigenvalue weighted by atomic mass is 35.5. The first kappa shape index (κ1) is 10.5. The van der Waals surface area contributed by atoms with Crippen LogP contribution < -0.4 is 5.73 Å². The van der Waals surface area contributed by atoms with Crippen LogP contribution in [0.1, 0.15) is 24.1 Å². The number of nitrogens with zero attached hydrogens (tertiary/aromatic N) is 2. The molecule has 0 aromatic carbocycles. The van der Waals surface area contributed by atoms with Gasteiger partial charge in [0.2, 0.25) is 0 Å². The molecule has 15 heavy (non-hydrogen) atoms. The molecular weight excluding hydrogens is 230 g/mol. The molecule has 0 aliphatic rings. The summed E-state index contributed by atoms with van der Waals surface area (Å²) in [5.41, 5.74) is 8.06. The average molecular weight is 242 g/mol.